The van der Waals surface area contributed by atoms with Gasteiger partial charge in [0.25, 0.3) is 0 Å². The van der Waals surface area contributed by atoms with Crippen molar-refractivity contribution in [3.63, 3.8) is 0 Å². The molecule has 1 aromatic carbocycles. The molecule has 1 N–H and O–H groups in total. The Morgan fingerprint density at radius 3 is 2.81 bits per heavy atom. The van der Waals surface area contributed by atoms with E-state index in [0.29, 0.717) is 10.7 Å². The van der Waals surface area contributed by atoms with Crippen LogP contribution in [-0.2, 0) is 0 Å². The third kappa shape index (κ3) is 3.13. The molecule has 0 radical (unpaired) electrons. The van der Waals surface area contributed by atoms with Crippen molar-refractivity contribution in [2.45, 2.75) is 44.9 Å². The fourth-order valence-electron chi connectivity index (χ4n) is 2.89. The molecule has 0 spiro atoms. The molecule has 1 aliphatic rings. The summed E-state index contributed by atoms with van der Waals surface area (Å²) < 4.78 is 2.36. The summed E-state index contributed by atoms with van der Waals surface area (Å²) in [5, 5.41) is 11.9. The first-order valence-electron chi connectivity index (χ1n) is 7.53. The number of hydrogen-bond donors (Lipinski definition) is 1. The van der Waals surface area contributed by atoms with Crippen LogP contribution in [0.2, 0.25) is 0 Å². The molecule has 110 valence electrons. The molecule has 0 aliphatic heterocycles. The van der Waals surface area contributed by atoms with Gasteiger partial charge in [0, 0.05) is 5.92 Å². The summed E-state index contributed by atoms with van der Waals surface area (Å²) in [6, 6.07) is 8.19. The van der Waals surface area contributed by atoms with Crippen LogP contribution in [0.25, 0.3) is 0 Å². The Morgan fingerprint density at radius 1 is 1.29 bits per heavy atom. The van der Waals surface area contributed by atoms with Crippen molar-refractivity contribution < 1.29 is 0 Å². The number of rotatable bonds is 3. The molecule has 1 saturated carbocycles. The molecule has 0 amide bonds. The standard InChI is InChI=1S/C16H20N4S/c1-12-7-5-6-10-14(12)11-17-20-15(18-19-16(20)21)13-8-3-2-4-9-13/h5-7,10-11,13H,2-4,8-9H2,1H3,(H,19,21)/b17-11-. The Balaban J connectivity index is 1.90. The van der Waals surface area contributed by atoms with Crippen LogP contribution in [0.4, 0.5) is 0 Å². The van der Waals surface area contributed by atoms with Gasteiger partial charge in [0.1, 0.15) is 0 Å². The molecule has 21 heavy (non-hydrogen) atoms. The van der Waals surface area contributed by atoms with E-state index in [1.165, 1.54) is 37.7 Å². The summed E-state index contributed by atoms with van der Waals surface area (Å²) in [6.45, 7) is 2.08. The summed E-state index contributed by atoms with van der Waals surface area (Å²) in [7, 11) is 0. The normalized spacial score (nSPS) is 16.6. The molecule has 1 aliphatic carbocycles. The van der Waals surface area contributed by atoms with Gasteiger partial charge in [-0.3, -0.25) is 5.10 Å². The molecule has 0 atom stereocenters. The monoisotopic (exact) mass is 300 g/mol. The van der Waals surface area contributed by atoms with Crippen LogP contribution in [0.1, 0.15) is 55.0 Å². The highest BCUT2D eigenvalue weighted by Gasteiger charge is 2.21. The van der Waals surface area contributed by atoms with E-state index in [4.69, 9.17) is 12.2 Å². The number of benzene rings is 1. The van der Waals surface area contributed by atoms with Crippen molar-refractivity contribution in [2.24, 2.45) is 5.10 Å². The lowest BCUT2D eigenvalue weighted by Gasteiger charge is -2.19. The Hall–Kier alpha value is -1.75. The van der Waals surface area contributed by atoms with Crippen LogP contribution < -0.4 is 0 Å². The molecule has 2 aromatic rings. The van der Waals surface area contributed by atoms with E-state index in [0.717, 1.165) is 11.4 Å². The fraction of sp³-hybridized carbons (Fsp3) is 0.438. The highest BCUT2D eigenvalue weighted by molar-refractivity contribution is 7.71. The Morgan fingerprint density at radius 2 is 2.05 bits per heavy atom. The molecule has 1 aromatic heterocycles. The van der Waals surface area contributed by atoms with Crippen molar-refractivity contribution >= 4 is 18.4 Å². The minimum Gasteiger partial charge on any atom is -0.250 e. The predicted molar refractivity (Wildman–Crippen MR) is 87.4 cm³/mol. The number of nitrogens with one attached hydrogen (secondary N) is 1. The van der Waals surface area contributed by atoms with Crippen molar-refractivity contribution in [3.05, 3.63) is 46.0 Å². The van der Waals surface area contributed by atoms with Crippen LogP contribution in [0, 0.1) is 11.7 Å². The quantitative estimate of drug-likeness (QED) is 0.683. The average Bonchev–Trinajstić information content (AvgIpc) is 2.88. The zero-order valence-electron chi connectivity index (χ0n) is 12.2. The van der Waals surface area contributed by atoms with Gasteiger partial charge in [0.05, 0.1) is 6.21 Å². The molecule has 0 unspecified atom stereocenters. The smallest absolute Gasteiger partial charge is 0.216 e. The number of hydrogen-bond acceptors (Lipinski definition) is 3. The van der Waals surface area contributed by atoms with Crippen molar-refractivity contribution in [2.75, 3.05) is 0 Å². The van der Waals surface area contributed by atoms with Gasteiger partial charge in [-0.2, -0.15) is 14.9 Å². The highest BCUT2D eigenvalue weighted by atomic mass is 32.1. The molecule has 4 nitrogen and oxygen atoms in total. The third-order valence-corrected chi connectivity index (χ3v) is 4.41. The minimum absolute atomic E-state index is 0.473. The molecule has 1 fully saturated rings. The second-order valence-corrected chi connectivity index (χ2v) is 6.02. The fourth-order valence-corrected chi connectivity index (χ4v) is 3.08. The summed E-state index contributed by atoms with van der Waals surface area (Å²) >= 11 is 5.32. The first-order chi connectivity index (χ1) is 10.3. The second kappa shape index (κ2) is 6.35. The number of aryl methyl sites for hydroxylation is 1. The maximum atomic E-state index is 5.32. The van der Waals surface area contributed by atoms with Crippen LogP contribution in [0.15, 0.2) is 29.4 Å². The Labute approximate surface area is 129 Å². The lowest BCUT2D eigenvalue weighted by Crippen LogP contribution is -2.10. The molecular weight excluding hydrogens is 280 g/mol. The van der Waals surface area contributed by atoms with Gasteiger partial charge >= 0.3 is 0 Å². The van der Waals surface area contributed by atoms with Gasteiger partial charge in [0.2, 0.25) is 4.77 Å². The maximum absolute atomic E-state index is 5.32. The average molecular weight is 300 g/mol. The lowest BCUT2D eigenvalue weighted by molar-refractivity contribution is 0.419. The summed E-state index contributed by atoms with van der Waals surface area (Å²) in [5.74, 6) is 1.45. The molecule has 1 heterocycles. The summed E-state index contributed by atoms with van der Waals surface area (Å²) in [4.78, 5) is 0. The Bertz CT molecular complexity index is 692. The van der Waals surface area contributed by atoms with E-state index in [9.17, 15) is 0 Å². The number of H-pyrrole nitrogens is 1. The van der Waals surface area contributed by atoms with E-state index in [1.54, 1.807) is 4.68 Å². The van der Waals surface area contributed by atoms with E-state index >= 15 is 0 Å². The van der Waals surface area contributed by atoms with Crippen LogP contribution in [0.3, 0.4) is 0 Å². The van der Waals surface area contributed by atoms with Gasteiger partial charge in [-0.05, 0) is 43.1 Å². The Kier molecular flexibility index (Phi) is 4.29. The van der Waals surface area contributed by atoms with Crippen molar-refractivity contribution in [1.82, 2.24) is 14.9 Å². The first kappa shape index (κ1) is 14.2. The van der Waals surface area contributed by atoms with E-state index in [-0.39, 0.29) is 0 Å². The highest BCUT2D eigenvalue weighted by Crippen LogP contribution is 2.31. The van der Waals surface area contributed by atoms with Gasteiger partial charge in [-0.15, -0.1) is 0 Å². The van der Waals surface area contributed by atoms with Crippen LogP contribution >= 0.6 is 12.2 Å². The number of nitrogens with zero attached hydrogens (tertiary/aromatic N) is 3. The lowest BCUT2D eigenvalue weighted by atomic mass is 9.89. The minimum atomic E-state index is 0.473. The van der Waals surface area contributed by atoms with Crippen LogP contribution in [-0.4, -0.2) is 21.1 Å². The third-order valence-electron chi connectivity index (χ3n) is 4.15. The second-order valence-electron chi connectivity index (χ2n) is 5.63. The van der Waals surface area contributed by atoms with Gasteiger partial charge in [-0.25, -0.2) is 0 Å². The first-order valence-corrected chi connectivity index (χ1v) is 7.94. The molecule has 0 bridgehead atoms. The SMILES string of the molecule is Cc1ccccc1/C=N\n1c(C2CCCCC2)n[nH]c1=S. The summed E-state index contributed by atoms with van der Waals surface area (Å²) in [6.07, 6.45) is 8.09. The topological polar surface area (TPSA) is 46.0 Å². The molecule has 0 saturated heterocycles. The van der Waals surface area contributed by atoms with Crippen LogP contribution in [0.5, 0.6) is 0 Å². The zero-order chi connectivity index (χ0) is 14.7. The maximum Gasteiger partial charge on any atom is 0.216 e. The van der Waals surface area contributed by atoms with E-state index < -0.39 is 0 Å². The van der Waals surface area contributed by atoms with Crippen molar-refractivity contribution in [3.8, 4) is 0 Å². The van der Waals surface area contributed by atoms with Crippen molar-refractivity contribution in [1.29, 1.82) is 0 Å². The summed E-state index contributed by atoms with van der Waals surface area (Å²) in [5.41, 5.74) is 2.31. The number of aromatic nitrogens is 3. The predicted octanol–water partition coefficient (Wildman–Crippen LogP) is 4.18. The zero-order valence-corrected chi connectivity index (χ0v) is 13.1. The van der Waals surface area contributed by atoms with Gasteiger partial charge < -0.3 is 0 Å². The van der Waals surface area contributed by atoms with Gasteiger partial charge in [0.15, 0.2) is 5.82 Å². The number of aromatic amines is 1. The largest absolute Gasteiger partial charge is 0.250 e. The molecule has 3 rings (SSSR count). The molecule has 5 heteroatoms. The van der Waals surface area contributed by atoms with Gasteiger partial charge in [-0.1, -0.05) is 43.5 Å². The van der Waals surface area contributed by atoms with E-state index in [1.807, 2.05) is 18.3 Å². The molecular formula is C16H20N4S. The van der Waals surface area contributed by atoms with E-state index in [2.05, 4.69) is 34.4 Å².